The van der Waals surface area contributed by atoms with Gasteiger partial charge in [-0.25, -0.2) is 8.78 Å². The van der Waals surface area contributed by atoms with Crippen molar-refractivity contribution in [3.63, 3.8) is 0 Å². The lowest BCUT2D eigenvalue weighted by atomic mass is 9.91. The van der Waals surface area contributed by atoms with E-state index >= 15 is 0 Å². The second-order valence-electron chi connectivity index (χ2n) is 3.71. The zero-order valence-corrected chi connectivity index (χ0v) is 7.89. The monoisotopic (exact) mass is 187 g/mol. The van der Waals surface area contributed by atoms with Crippen molar-refractivity contribution in [2.24, 2.45) is 0 Å². The summed E-state index contributed by atoms with van der Waals surface area (Å²) in [5.41, 5.74) is 0. The maximum absolute atomic E-state index is 12.8. The molecule has 0 aromatic rings. The average Bonchev–Trinajstić information content (AvgIpc) is 2.04. The molecule has 0 radical (unpaired) electrons. The second-order valence-corrected chi connectivity index (χ2v) is 3.71. The molecule has 0 bridgehead atoms. The van der Waals surface area contributed by atoms with Crippen LogP contribution in [-0.2, 0) is 0 Å². The smallest absolute Gasteiger partial charge is 0.248 e. The van der Waals surface area contributed by atoms with Gasteiger partial charge >= 0.3 is 0 Å². The van der Waals surface area contributed by atoms with Gasteiger partial charge in [0.15, 0.2) is 0 Å². The van der Waals surface area contributed by atoms with Crippen LogP contribution in [0.4, 0.5) is 8.78 Å². The SMILES string of the molecule is C#CCN(C)C1CCC(F)(F)CC1. The summed E-state index contributed by atoms with van der Waals surface area (Å²) >= 11 is 0. The third-order valence-corrected chi connectivity index (χ3v) is 2.65. The molecule has 1 rings (SSSR count). The van der Waals surface area contributed by atoms with Crippen LogP contribution in [0, 0.1) is 12.3 Å². The standard InChI is InChI=1S/C10H15F2N/c1-3-8-13(2)9-4-6-10(11,12)7-5-9/h1,9H,4-8H2,2H3. The summed E-state index contributed by atoms with van der Waals surface area (Å²) in [5.74, 6) is 0.0869. The Morgan fingerprint density at radius 3 is 2.46 bits per heavy atom. The van der Waals surface area contributed by atoms with Crippen LogP contribution in [0.2, 0.25) is 0 Å². The first-order valence-electron chi connectivity index (χ1n) is 4.57. The Morgan fingerprint density at radius 1 is 1.46 bits per heavy atom. The number of rotatable bonds is 2. The molecule has 0 unspecified atom stereocenters. The summed E-state index contributed by atoms with van der Waals surface area (Å²) in [6.07, 6.45) is 6.28. The van der Waals surface area contributed by atoms with Gasteiger partial charge in [0.25, 0.3) is 0 Å². The highest BCUT2D eigenvalue weighted by Gasteiger charge is 2.35. The van der Waals surface area contributed by atoms with Gasteiger partial charge < -0.3 is 0 Å². The van der Waals surface area contributed by atoms with E-state index in [2.05, 4.69) is 5.92 Å². The summed E-state index contributed by atoms with van der Waals surface area (Å²) in [7, 11) is 1.90. The molecule has 1 nitrogen and oxygen atoms in total. The van der Waals surface area contributed by atoms with E-state index in [1.54, 1.807) is 0 Å². The summed E-state index contributed by atoms with van der Waals surface area (Å²) in [4.78, 5) is 1.98. The fourth-order valence-corrected chi connectivity index (χ4v) is 1.74. The first-order chi connectivity index (χ1) is 6.05. The predicted octanol–water partition coefficient (Wildman–Crippen LogP) is 2.13. The highest BCUT2D eigenvalue weighted by atomic mass is 19.3. The first-order valence-corrected chi connectivity index (χ1v) is 4.57. The second kappa shape index (κ2) is 4.06. The zero-order chi connectivity index (χ0) is 9.90. The molecule has 0 N–H and O–H groups in total. The predicted molar refractivity (Wildman–Crippen MR) is 48.7 cm³/mol. The summed E-state index contributed by atoms with van der Waals surface area (Å²) in [6.45, 7) is 0.552. The summed E-state index contributed by atoms with van der Waals surface area (Å²) in [5, 5.41) is 0. The zero-order valence-electron chi connectivity index (χ0n) is 7.89. The third kappa shape index (κ3) is 2.96. The van der Waals surface area contributed by atoms with Gasteiger partial charge in [0.2, 0.25) is 5.92 Å². The van der Waals surface area contributed by atoms with Gasteiger partial charge in [-0.2, -0.15) is 0 Å². The molecule has 0 aromatic heterocycles. The van der Waals surface area contributed by atoms with E-state index < -0.39 is 5.92 Å². The number of nitrogens with zero attached hydrogens (tertiary/aromatic N) is 1. The van der Waals surface area contributed by atoms with Crippen LogP contribution >= 0.6 is 0 Å². The quantitative estimate of drug-likeness (QED) is 0.598. The van der Waals surface area contributed by atoms with Crippen molar-refractivity contribution in [1.82, 2.24) is 4.90 Å². The van der Waals surface area contributed by atoms with Gasteiger partial charge in [-0.15, -0.1) is 6.42 Å². The van der Waals surface area contributed by atoms with Crippen LogP contribution in [0.25, 0.3) is 0 Å². The lowest BCUT2D eigenvalue weighted by Gasteiger charge is -2.33. The Labute approximate surface area is 78.1 Å². The van der Waals surface area contributed by atoms with Crippen molar-refractivity contribution in [2.45, 2.75) is 37.6 Å². The summed E-state index contributed by atoms with van der Waals surface area (Å²) < 4.78 is 25.5. The molecule has 0 spiro atoms. The van der Waals surface area contributed by atoms with E-state index in [9.17, 15) is 8.78 Å². The fraction of sp³-hybridized carbons (Fsp3) is 0.800. The van der Waals surface area contributed by atoms with Crippen LogP contribution in [0.15, 0.2) is 0 Å². The average molecular weight is 187 g/mol. The molecule has 74 valence electrons. The van der Waals surface area contributed by atoms with Crippen molar-refractivity contribution in [3.05, 3.63) is 0 Å². The molecule has 0 aliphatic heterocycles. The van der Waals surface area contributed by atoms with Crippen molar-refractivity contribution in [2.75, 3.05) is 13.6 Å². The van der Waals surface area contributed by atoms with E-state index in [0.717, 1.165) is 0 Å². The molecule has 1 saturated carbocycles. The molecule has 1 aliphatic rings. The molecule has 0 aromatic carbocycles. The topological polar surface area (TPSA) is 3.24 Å². The fourth-order valence-electron chi connectivity index (χ4n) is 1.74. The number of hydrogen-bond acceptors (Lipinski definition) is 1. The van der Waals surface area contributed by atoms with Crippen LogP contribution in [0.5, 0.6) is 0 Å². The Kier molecular flexibility index (Phi) is 3.27. The first kappa shape index (κ1) is 10.5. The van der Waals surface area contributed by atoms with Crippen LogP contribution in [0.3, 0.4) is 0 Å². The van der Waals surface area contributed by atoms with Crippen LogP contribution < -0.4 is 0 Å². The molecular formula is C10H15F2N. The van der Waals surface area contributed by atoms with Gasteiger partial charge in [0.1, 0.15) is 0 Å². The van der Waals surface area contributed by atoms with Crippen molar-refractivity contribution >= 4 is 0 Å². The molecule has 0 atom stereocenters. The van der Waals surface area contributed by atoms with Gasteiger partial charge in [-0.05, 0) is 19.9 Å². The minimum absolute atomic E-state index is 0.00653. The minimum atomic E-state index is -2.44. The highest BCUT2D eigenvalue weighted by Crippen LogP contribution is 2.34. The normalized spacial score (nSPS) is 23.0. The largest absolute Gasteiger partial charge is 0.292 e. The molecule has 1 aliphatic carbocycles. The van der Waals surface area contributed by atoms with Crippen LogP contribution in [-0.4, -0.2) is 30.5 Å². The highest BCUT2D eigenvalue weighted by molar-refractivity contribution is 4.91. The van der Waals surface area contributed by atoms with Gasteiger partial charge in [0, 0.05) is 18.9 Å². The number of terminal acetylenes is 1. The number of halogens is 2. The number of hydrogen-bond donors (Lipinski definition) is 0. The Balaban J connectivity index is 2.37. The molecule has 1 fully saturated rings. The van der Waals surface area contributed by atoms with Gasteiger partial charge in [-0.3, -0.25) is 4.90 Å². The Morgan fingerprint density at radius 2 is 2.00 bits per heavy atom. The molecule has 0 saturated heterocycles. The van der Waals surface area contributed by atoms with Gasteiger partial charge in [0.05, 0.1) is 6.54 Å². The van der Waals surface area contributed by atoms with E-state index in [4.69, 9.17) is 6.42 Å². The van der Waals surface area contributed by atoms with E-state index in [0.29, 0.717) is 19.4 Å². The molecular weight excluding hydrogens is 172 g/mol. The van der Waals surface area contributed by atoms with E-state index in [1.165, 1.54) is 0 Å². The van der Waals surface area contributed by atoms with Crippen LogP contribution in [0.1, 0.15) is 25.7 Å². The maximum atomic E-state index is 12.8. The van der Waals surface area contributed by atoms with Crippen molar-refractivity contribution in [3.8, 4) is 12.3 Å². The Bertz CT molecular complexity index is 197. The molecule has 3 heteroatoms. The lowest BCUT2D eigenvalue weighted by molar-refractivity contribution is -0.0501. The van der Waals surface area contributed by atoms with Crippen molar-refractivity contribution in [1.29, 1.82) is 0 Å². The van der Waals surface area contributed by atoms with Gasteiger partial charge in [-0.1, -0.05) is 5.92 Å². The summed E-state index contributed by atoms with van der Waals surface area (Å²) in [6, 6.07) is 0.246. The molecule has 13 heavy (non-hydrogen) atoms. The third-order valence-electron chi connectivity index (χ3n) is 2.65. The Hall–Kier alpha value is -0.620. The van der Waals surface area contributed by atoms with E-state index in [-0.39, 0.29) is 18.9 Å². The minimum Gasteiger partial charge on any atom is -0.292 e. The van der Waals surface area contributed by atoms with Crippen molar-refractivity contribution < 1.29 is 8.78 Å². The lowest BCUT2D eigenvalue weighted by Crippen LogP contribution is -2.38. The maximum Gasteiger partial charge on any atom is 0.248 e. The van der Waals surface area contributed by atoms with E-state index in [1.807, 2.05) is 11.9 Å². The molecule has 0 amide bonds. The number of alkyl halides is 2. The molecule has 0 heterocycles.